The third kappa shape index (κ3) is 5.85. The van der Waals surface area contributed by atoms with Crippen LogP contribution in [0.15, 0.2) is 0 Å². The van der Waals surface area contributed by atoms with Crippen LogP contribution in [0.5, 0.6) is 0 Å². The van der Waals surface area contributed by atoms with Gasteiger partial charge in [-0.05, 0) is 13.8 Å². The molecule has 0 aromatic rings. The van der Waals surface area contributed by atoms with Crippen molar-refractivity contribution in [1.29, 1.82) is 0 Å². The lowest BCUT2D eigenvalue weighted by Crippen LogP contribution is -2.16. The van der Waals surface area contributed by atoms with E-state index in [-0.39, 0.29) is 6.10 Å². The SMILES string of the molecule is CCOC[C@H](C)OC(=O)Cl. The molecule has 0 amide bonds. The maximum Gasteiger partial charge on any atom is 0.404 e. The molecule has 0 spiro atoms. The molecule has 1 atom stereocenters. The second-order valence-electron chi connectivity index (χ2n) is 1.83. The molecule has 3 nitrogen and oxygen atoms in total. The predicted molar refractivity (Wildman–Crippen MR) is 38.3 cm³/mol. The fourth-order valence-electron chi connectivity index (χ4n) is 0.476. The van der Waals surface area contributed by atoms with Crippen molar-refractivity contribution >= 4 is 17.0 Å². The van der Waals surface area contributed by atoms with Crippen LogP contribution in [-0.2, 0) is 9.47 Å². The van der Waals surface area contributed by atoms with Crippen molar-refractivity contribution in [2.45, 2.75) is 20.0 Å². The van der Waals surface area contributed by atoms with E-state index in [1.807, 2.05) is 6.92 Å². The first-order valence-corrected chi connectivity index (χ1v) is 3.48. The van der Waals surface area contributed by atoms with E-state index in [1.165, 1.54) is 0 Å². The van der Waals surface area contributed by atoms with Crippen molar-refractivity contribution in [3.05, 3.63) is 0 Å². The summed E-state index contributed by atoms with van der Waals surface area (Å²) in [6.07, 6.45) is -0.259. The Morgan fingerprint density at radius 3 is 2.70 bits per heavy atom. The standard InChI is InChI=1S/C6H11ClO3/c1-3-9-4-5(2)10-6(7)8/h5H,3-4H2,1-2H3/t5-/m0/s1. The van der Waals surface area contributed by atoms with Gasteiger partial charge in [-0.25, -0.2) is 4.79 Å². The third-order valence-corrected chi connectivity index (χ3v) is 0.940. The van der Waals surface area contributed by atoms with E-state index in [0.29, 0.717) is 13.2 Å². The van der Waals surface area contributed by atoms with E-state index in [0.717, 1.165) is 0 Å². The van der Waals surface area contributed by atoms with Crippen LogP contribution in [0.3, 0.4) is 0 Å². The van der Waals surface area contributed by atoms with Gasteiger partial charge in [0.15, 0.2) is 0 Å². The Morgan fingerprint density at radius 1 is 1.70 bits per heavy atom. The van der Waals surface area contributed by atoms with Crippen molar-refractivity contribution in [3.63, 3.8) is 0 Å². The van der Waals surface area contributed by atoms with Crippen molar-refractivity contribution in [2.24, 2.45) is 0 Å². The highest BCUT2D eigenvalue weighted by atomic mass is 35.5. The van der Waals surface area contributed by atoms with E-state index in [4.69, 9.17) is 16.3 Å². The lowest BCUT2D eigenvalue weighted by Gasteiger charge is -2.09. The number of rotatable bonds is 4. The maximum atomic E-state index is 10.1. The minimum absolute atomic E-state index is 0.259. The predicted octanol–water partition coefficient (Wildman–Crippen LogP) is 1.79. The monoisotopic (exact) mass is 166 g/mol. The molecule has 0 aliphatic rings. The summed E-state index contributed by atoms with van der Waals surface area (Å²) in [5.74, 6) is 0. The van der Waals surface area contributed by atoms with Crippen LogP contribution in [0.2, 0.25) is 0 Å². The Kier molecular flexibility index (Phi) is 5.35. The van der Waals surface area contributed by atoms with Crippen LogP contribution in [0.1, 0.15) is 13.8 Å². The van der Waals surface area contributed by atoms with Crippen LogP contribution in [0, 0.1) is 0 Å². The maximum absolute atomic E-state index is 10.1. The zero-order chi connectivity index (χ0) is 7.98. The summed E-state index contributed by atoms with van der Waals surface area (Å²) < 4.78 is 9.51. The number of hydrogen-bond acceptors (Lipinski definition) is 3. The molecule has 0 rings (SSSR count). The zero-order valence-corrected chi connectivity index (χ0v) is 6.85. The second kappa shape index (κ2) is 5.50. The van der Waals surface area contributed by atoms with Crippen LogP contribution < -0.4 is 0 Å². The minimum atomic E-state index is -0.785. The molecule has 0 unspecified atom stereocenters. The van der Waals surface area contributed by atoms with E-state index < -0.39 is 5.43 Å². The van der Waals surface area contributed by atoms with E-state index >= 15 is 0 Å². The average Bonchev–Trinajstić information content (AvgIpc) is 1.82. The molecule has 0 radical (unpaired) electrons. The normalized spacial score (nSPS) is 12.7. The molecule has 10 heavy (non-hydrogen) atoms. The van der Waals surface area contributed by atoms with E-state index in [9.17, 15) is 4.79 Å². The molecule has 0 aromatic heterocycles. The Morgan fingerprint density at radius 2 is 2.30 bits per heavy atom. The molecule has 0 aromatic carbocycles. The second-order valence-corrected chi connectivity index (χ2v) is 2.13. The summed E-state index contributed by atoms with van der Waals surface area (Å²) in [5.41, 5.74) is -0.785. The molecule has 60 valence electrons. The van der Waals surface area contributed by atoms with Gasteiger partial charge in [0, 0.05) is 18.2 Å². The number of ether oxygens (including phenoxy) is 2. The van der Waals surface area contributed by atoms with Crippen molar-refractivity contribution in [3.8, 4) is 0 Å². The summed E-state index contributed by atoms with van der Waals surface area (Å²) in [6.45, 7) is 4.60. The quantitative estimate of drug-likeness (QED) is 0.598. The topological polar surface area (TPSA) is 35.5 Å². The van der Waals surface area contributed by atoms with Crippen LogP contribution in [0.25, 0.3) is 0 Å². The smallest absolute Gasteiger partial charge is 0.404 e. The van der Waals surface area contributed by atoms with E-state index in [1.54, 1.807) is 6.92 Å². The molecule has 0 saturated heterocycles. The lowest BCUT2D eigenvalue weighted by molar-refractivity contribution is 0.0434. The minimum Gasteiger partial charge on any atom is -0.448 e. The fourth-order valence-corrected chi connectivity index (χ4v) is 0.628. The van der Waals surface area contributed by atoms with Gasteiger partial charge in [-0.3, -0.25) is 0 Å². The molecular formula is C6H11ClO3. The summed E-state index contributed by atoms with van der Waals surface area (Å²) in [7, 11) is 0. The fraction of sp³-hybridized carbons (Fsp3) is 0.833. The van der Waals surface area contributed by atoms with Crippen molar-refractivity contribution in [2.75, 3.05) is 13.2 Å². The van der Waals surface area contributed by atoms with Gasteiger partial charge in [0.1, 0.15) is 6.10 Å². The molecule has 4 heteroatoms. The largest absolute Gasteiger partial charge is 0.448 e. The first-order chi connectivity index (χ1) is 4.66. The Bertz CT molecular complexity index is 105. The Hall–Kier alpha value is -0.280. The van der Waals surface area contributed by atoms with Gasteiger partial charge in [0.25, 0.3) is 0 Å². The van der Waals surface area contributed by atoms with Gasteiger partial charge >= 0.3 is 5.43 Å². The van der Waals surface area contributed by atoms with Gasteiger partial charge in [-0.2, -0.15) is 0 Å². The van der Waals surface area contributed by atoms with E-state index in [2.05, 4.69) is 4.74 Å². The van der Waals surface area contributed by atoms with Crippen LogP contribution in [0.4, 0.5) is 4.79 Å². The molecule has 0 heterocycles. The summed E-state index contributed by atoms with van der Waals surface area (Å²) >= 11 is 4.93. The van der Waals surface area contributed by atoms with Gasteiger partial charge in [-0.1, -0.05) is 0 Å². The number of carbonyl (C=O) groups excluding carboxylic acids is 1. The van der Waals surface area contributed by atoms with Gasteiger partial charge < -0.3 is 9.47 Å². The van der Waals surface area contributed by atoms with Crippen molar-refractivity contribution in [1.82, 2.24) is 0 Å². The van der Waals surface area contributed by atoms with Gasteiger partial charge in [0.05, 0.1) is 6.61 Å². The van der Waals surface area contributed by atoms with Gasteiger partial charge in [0.2, 0.25) is 0 Å². The first kappa shape index (κ1) is 9.72. The highest BCUT2D eigenvalue weighted by Gasteiger charge is 2.04. The number of hydrogen-bond donors (Lipinski definition) is 0. The lowest BCUT2D eigenvalue weighted by atomic mass is 10.4. The van der Waals surface area contributed by atoms with Gasteiger partial charge in [-0.15, -0.1) is 0 Å². The summed E-state index contributed by atoms with van der Waals surface area (Å²) in [4.78, 5) is 10.1. The molecule has 0 saturated carbocycles. The summed E-state index contributed by atoms with van der Waals surface area (Å²) in [5, 5.41) is 0. The zero-order valence-electron chi connectivity index (χ0n) is 6.09. The Labute approximate surface area is 65.3 Å². The Balaban J connectivity index is 3.25. The molecule has 0 aliphatic heterocycles. The highest BCUT2D eigenvalue weighted by Crippen LogP contribution is 1.96. The first-order valence-electron chi connectivity index (χ1n) is 3.10. The van der Waals surface area contributed by atoms with Crippen LogP contribution in [-0.4, -0.2) is 24.7 Å². The molecule has 0 N–H and O–H groups in total. The summed E-state index contributed by atoms with van der Waals surface area (Å²) in [6, 6.07) is 0. The average molecular weight is 167 g/mol. The third-order valence-electron chi connectivity index (χ3n) is 0.851. The molecule has 0 fully saturated rings. The molecule has 0 bridgehead atoms. The molecule has 0 aliphatic carbocycles. The molecular weight excluding hydrogens is 156 g/mol. The van der Waals surface area contributed by atoms with Crippen LogP contribution >= 0.6 is 11.6 Å². The number of carbonyl (C=O) groups is 1. The number of halogens is 1. The highest BCUT2D eigenvalue weighted by molar-refractivity contribution is 6.61. The van der Waals surface area contributed by atoms with Crippen molar-refractivity contribution < 1.29 is 14.3 Å².